The van der Waals surface area contributed by atoms with Crippen LogP contribution in [0, 0.1) is 5.82 Å². The number of H-pyrrole nitrogens is 1. The Kier molecular flexibility index (Phi) is 7.16. The monoisotopic (exact) mass is 454 g/mol. The molecule has 1 aliphatic rings. The average molecular weight is 455 g/mol. The van der Waals surface area contributed by atoms with Crippen molar-refractivity contribution in [2.24, 2.45) is 0 Å². The molecule has 1 aromatic heterocycles. The van der Waals surface area contributed by atoms with Gasteiger partial charge in [0.25, 0.3) is 5.56 Å². The molecule has 0 bridgehead atoms. The Morgan fingerprint density at radius 2 is 1.84 bits per heavy atom. The van der Waals surface area contributed by atoms with Crippen molar-refractivity contribution in [1.82, 2.24) is 20.1 Å². The molecule has 0 spiro atoms. The Morgan fingerprint density at radius 3 is 2.56 bits per heavy atom. The third-order valence-electron chi connectivity index (χ3n) is 5.18. The number of benzene rings is 2. The van der Waals surface area contributed by atoms with Gasteiger partial charge in [0.2, 0.25) is 5.91 Å². The highest BCUT2D eigenvalue weighted by Crippen LogP contribution is 2.20. The fourth-order valence-corrected chi connectivity index (χ4v) is 4.24. The van der Waals surface area contributed by atoms with Gasteiger partial charge in [-0.1, -0.05) is 18.2 Å². The lowest BCUT2D eigenvalue weighted by Crippen LogP contribution is -2.38. The minimum absolute atomic E-state index is 0.0431. The highest BCUT2D eigenvalue weighted by molar-refractivity contribution is 7.99. The topological polar surface area (TPSA) is 88.2 Å². The molecule has 1 amide bonds. The van der Waals surface area contributed by atoms with Gasteiger partial charge in [-0.3, -0.25) is 9.59 Å². The first-order chi connectivity index (χ1) is 15.6. The van der Waals surface area contributed by atoms with E-state index in [4.69, 9.17) is 4.74 Å². The number of rotatable bonds is 7. The van der Waals surface area contributed by atoms with Crippen LogP contribution in [-0.4, -0.2) is 50.6 Å². The van der Waals surface area contributed by atoms with E-state index in [1.807, 2.05) is 16.7 Å². The van der Waals surface area contributed by atoms with Gasteiger partial charge < -0.3 is 14.6 Å². The molecule has 166 valence electrons. The van der Waals surface area contributed by atoms with Crippen LogP contribution < -0.4 is 10.3 Å². The van der Waals surface area contributed by atoms with Crippen LogP contribution in [0.25, 0.3) is 11.4 Å². The number of carbonyl (C=O) groups excluding carboxylic acids is 1. The van der Waals surface area contributed by atoms with E-state index in [9.17, 15) is 14.0 Å². The van der Waals surface area contributed by atoms with Gasteiger partial charge in [-0.05, 0) is 30.3 Å². The minimum Gasteiger partial charge on any atom is -0.489 e. The molecular formula is C23H23FN4O3S. The number of hydrogen-bond acceptors (Lipinski definition) is 6. The Hall–Kier alpha value is -3.20. The van der Waals surface area contributed by atoms with E-state index >= 15 is 0 Å². The fourth-order valence-electron chi connectivity index (χ4n) is 3.34. The zero-order valence-electron chi connectivity index (χ0n) is 17.4. The molecule has 0 aliphatic carbocycles. The van der Waals surface area contributed by atoms with Gasteiger partial charge in [0.15, 0.2) is 5.82 Å². The lowest BCUT2D eigenvalue weighted by molar-refractivity contribution is -0.130. The number of hydrogen-bond donors (Lipinski definition) is 1. The first-order valence-corrected chi connectivity index (χ1v) is 11.5. The third kappa shape index (κ3) is 5.53. The molecule has 2 heterocycles. The van der Waals surface area contributed by atoms with Gasteiger partial charge in [-0.25, -0.2) is 4.39 Å². The molecule has 9 heteroatoms. The average Bonchev–Trinajstić information content (AvgIpc) is 2.83. The van der Waals surface area contributed by atoms with Crippen LogP contribution in [-0.2, 0) is 17.8 Å². The van der Waals surface area contributed by atoms with E-state index in [1.54, 1.807) is 42.5 Å². The minimum atomic E-state index is -0.350. The van der Waals surface area contributed by atoms with Crippen molar-refractivity contribution in [3.05, 3.63) is 76.0 Å². The van der Waals surface area contributed by atoms with Gasteiger partial charge in [-0.2, -0.15) is 11.8 Å². The van der Waals surface area contributed by atoms with Crippen LogP contribution in [0.1, 0.15) is 17.7 Å². The van der Waals surface area contributed by atoms with Crippen molar-refractivity contribution in [3.8, 4) is 17.1 Å². The molecule has 7 nitrogen and oxygen atoms in total. The molecule has 1 N–H and O–H groups in total. The molecule has 0 unspecified atom stereocenters. The van der Waals surface area contributed by atoms with Crippen LogP contribution in [0.2, 0.25) is 0 Å². The molecule has 0 atom stereocenters. The van der Waals surface area contributed by atoms with Crippen molar-refractivity contribution in [1.29, 1.82) is 0 Å². The predicted molar refractivity (Wildman–Crippen MR) is 121 cm³/mol. The Balaban J connectivity index is 1.35. The molecule has 4 rings (SSSR count). The zero-order valence-corrected chi connectivity index (χ0v) is 18.2. The second kappa shape index (κ2) is 10.4. The number of aromatic nitrogens is 3. The molecule has 3 aromatic rings. The number of nitrogens with one attached hydrogen (secondary N) is 1. The number of nitrogens with zero attached hydrogens (tertiary/aromatic N) is 3. The molecule has 0 radical (unpaired) electrons. The van der Waals surface area contributed by atoms with Gasteiger partial charge in [-0.15, -0.1) is 10.2 Å². The van der Waals surface area contributed by atoms with Crippen molar-refractivity contribution in [2.45, 2.75) is 19.4 Å². The third-order valence-corrected chi connectivity index (χ3v) is 6.13. The van der Waals surface area contributed by atoms with Gasteiger partial charge >= 0.3 is 0 Å². The van der Waals surface area contributed by atoms with Crippen LogP contribution in [0.5, 0.6) is 5.75 Å². The van der Waals surface area contributed by atoms with Crippen LogP contribution in [0.4, 0.5) is 4.39 Å². The Morgan fingerprint density at radius 1 is 1.09 bits per heavy atom. The normalized spacial score (nSPS) is 13.7. The standard InChI is InChI=1S/C23H23FN4O3S/c24-19-4-2-1-3-17(19)15-31-18-7-5-16(6-8-18)22-25-23(30)20(26-27-22)9-10-21(29)28-11-13-32-14-12-28/h1-8H,9-15H2,(H,25,27,30). The van der Waals surface area contributed by atoms with Gasteiger partial charge in [0.05, 0.1) is 0 Å². The largest absolute Gasteiger partial charge is 0.489 e. The Labute approximate surface area is 189 Å². The highest BCUT2D eigenvalue weighted by atomic mass is 32.2. The van der Waals surface area contributed by atoms with E-state index < -0.39 is 0 Å². The maximum atomic E-state index is 13.7. The van der Waals surface area contributed by atoms with Crippen LogP contribution in [0.15, 0.2) is 53.3 Å². The fraction of sp³-hybridized carbons (Fsp3) is 0.304. The summed E-state index contributed by atoms with van der Waals surface area (Å²) in [4.78, 5) is 29.3. The molecule has 0 saturated carbocycles. The summed E-state index contributed by atoms with van der Waals surface area (Å²) < 4.78 is 19.3. The first-order valence-electron chi connectivity index (χ1n) is 10.4. The van der Waals surface area contributed by atoms with Gasteiger partial charge in [0.1, 0.15) is 23.9 Å². The smallest absolute Gasteiger partial charge is 0.273 e. The predicted octanol–water partition coefficient (Wildman–Crippen LogP) is 3.06. The van der Waals surface area contributed by atoms with Crippen molar-refractivity contribution in [3.63, 3.8) is 0 Å². The number of ether oxygens (including phenoxy) is 1. The van der Waals surface area contributed by atoms with Crippen molar-refractivity contribution < 1.29 is 13.9 Å². The number of carbonyl (C=O) groups is 1. The summed E-state index contributed by atoms with van der Waals surface area (Å²) in [7, 11) is 0. The maximum Gasteiger partial charge on any atom is 0.273 e. The lowest BCUT2D eigenvalue weighted by Gasteiger charge is -2.26. The molecule has 1 saturated heterocycles. The highest BCUT2D eigenvalue weighted by Gasteiger charge is 2.17. The molecular weight excluding hydrogens is 431 g/mol. The number of aromatic amines is 1. The quantitative estimate of drug-likeness (QED) is 0.590. The van der Waals surface area contributed by atoms with Crippen LogP contribution in [0.3, 0.4) is 0 Å². The summed E-state index contributed by atoms with van der Waals surface area (Å²) >= 11 is 1.84. The lowest BCUT2D eigenvalue weighted by atomic mass is 10.2. The summed E-state index contributed by atoms with van der Waals surface area (Å²) in [6.45, 7) is 1.63. The number of aryl methyl sites for hydroxylation is 1. The first kappa shape index (κ1) is 22.0. The summed E-state index contributed by atoms with van der Waals surface area (Å²) in [5.74, 6) is 2.54. The molecule has 1 fully saturated rings. The summed E-state index contributed by atoms with van der Waals surface area (Å²) in [5.41, 5.74) is 1.04. The van der Waals surface area contributed by atoms with E-state index in [-0.39, 0.29) is 42.4 Å². The van der Waals surface area contributed by atoms with E-state index in [2.05, 4.69) is 15.2 Å². The van der Waals surface area contributed by atoms with E-state index in [1.165, 1.54) is 6.07 Å². The Bertz CT molecular complexity index is 1130. The van der Waals surface area contributed by atoms with Crippen molar-refractivity contribution >= 4 is 17.7 Å². The summed E-state index contributed by atoms with van der Waals surface area (Å²) in [6.07, 6.45) is 0.504. The number of halogens is 1. The molecule has 32 heavy (non-hydrogen) atoms. The second-order valence-corrected chi connectivity index (χ2v) is 8.57. The van der Waals surface area contributed by atoms with E-state index in [0.717, 1.165) is 24.6 Å². The number of amides is 1. The maximum absolute atomic E-state index is 13.7. The van der Waals surface area contributed by atoms with Gasteiger partial charge in [0, 0.05) is 48.6 Å². The molecule has 2 aromatic carbocycles. The summed E-state index contributed by atoms with van der Waals surface area (Å²) in [5, 5.41) is 8.15. The van der Waals surface area contributed by atoms with Crippen molar-refractivity contribution in [2.75, 3.05) is 24.6 Å². The van der Waals surface area contributed by atoms with Crippen LogP contribution >= 0.6 is 11.8 Å². The molecule has 1 aliphatic heterocycles. The zero-order chi connectivity index (χ0) is 22.3. The van der Waals surface area contributed by atoms with E-state index in [0.29, 0.717) is 22.7 Å². The summed E-state index contributed by atoms with van der Waals surface area (Å²) in [6, 6.07) is 13.4. The SMILES string of the molecule is O=C(CCc1nnc(-c2ccc(OCc3ccccc3F)cc2)[nH]c1=O)N1CCSCC1. The second-order valence-electron chi connectivity index (χ2n) is 7.35. The number of thioether (sulfide) groups is 1.